The maximum atomic E-state index is 9.61. The van der Waals surface area contributed by atoms with Crippen molar-refractivity contribution in [1.29, 1.82) is 0 Å². The topological polar surface area (TPSA) is 93.0 Å². The summed E-state index contributed by atoms with van der Waals surface area (Å²) in [6.07, 6.45) is 4.67. The Kier molecular flexibility index (Phi) is 9.51. The van der Waals surface area contributed by atoms with E-state index in [0.29, 0.717) is 36.3 Å². The van der Waals surface area contributed by atoms with Gasteiger partial charge in [0.15, 0.2) is 12.2 Å². The van der Waals surface area contributed by atoms with Crippen molar-refractivity contribution in [2.24, 2.45) is 0 Å². The number of aliphatic hydroxyl groups excluding tert-OH is 1. The molecule has 0 aliphatic rings. The van der Waals surface area contributed by atoms with Gasteiger partial charge in [-0.05, 0) is 6.92 Å². The summed E-state index contributed by atoms with van der Waals surface area (Å²) in [5.41, 5.74) is 10.0. The van der Waals surface area contributed by atoms with Crippen LogP contribution in [0.3, 0.4) is 0 Å². The third-order valence-corrected chi connectivity index (χ3v) is 5.04. The fourth-order valence-corrected chi connectivity index (χ4v) is 3.36. The second-order valence-electron chi connectivity index (χ2n) is 5.34. The van der Waals surface area contributed by atoms with Gasteiger partial charge in [0.25, 0.3) is 0 Å². The zero-order chi connectivity index (χ0) is 17.9. The van der Waals surface area contributed by atoms with E-state index in [1.165, 1.54) is 4.88 Å². The van der Waals surface area contributed by atoms with Crippen LogP contribution in [0.4, 0.5) is 5.82 Å². The molecule has 8 heteroatoms. The van der Waals surface area contributed by atoms with Crippen molar-refractivity contribution in [2.75, 3.05) is 18.1 Å². The van der Waals surface area contributed by atoms with E-state index in [1.54, 1.807) is 17.5 Å². The first kappa shape index (κ1) is 20.5. The number of nitrogens with zero attached hydrogens (tertiary/aromatic N) is 3. The van der Waals surface area contributed by atoms with Crippen molar-refractivity contribution in [2.45, 2.75) is 46.6 Å². The highest BCUT2D eigenvalue weighted by molar-refractivity contribution is 7.65. The predicted octanol–water partition coefficient (Wildman–Crippen LogP) is 1.82. The van der Waals surface area contributed by atoms with Gasteiger partial charge in [-0.1, -0.05) is 24.7 Å². The van der Waals surface area contributed by atoms with E-state index in [0.717, 1.165) is 29.9 Å². The third-order valence-electron chi connectivity index (χ3n) is 3.44. The predicted molar refractivity (Wildman–Crippen MR) is 98.2 cm³/mol. The number of thiazole rings is 1. The molecular formula is C16H26N4O2S2+2. The van der Waals surface area contributed by atoms with Crippen molar-refractivity contribution in [3.8, 4) is 0 Å². The number of hydrogen-bond donors (Lipinski definition) is 2. The Morgan fingerprint density at radius 2 is 2.17 bits per heavy atom. The zero-order valence-electron chi connectivity index (χ0n) is 14.5. The molecule has 0 unspecified atom stereocenters. The van der Waals surface area contributed by atoms with Crippen LogP contribution in [0.1, 0.15) is 41.7 Å². The smallest absolute Gasteiger partial charge is 0.396 e. The summed E-state index contributed by atoms with van der Waals surface area (Å²) in [5.74, 6) is 1.99. The van der Waals surface area contributed by atoms with Crippen LogP contribution in [-0.4, -0.2) is 27.4 Å². The number of rotatable bonds is 7. The molecule has 0 aliphatic carbocycles. The Labute approximate surface area is 151 Å². The molecule has 132 valence electrons. The van der Waals surface area contributed by atoms with Crippen molar-refractivity contribution in [3.05, 3.63) is 33.7 Å². The molecule has 2 aromatic rings. The van der Waals surface area contributed by atoms with Crippen LogP contribution in [0.2, 0.25) is 0 Å². The monoisotopic (exact) mass is 370 g/mol. The number of hydrogen-bond acceptors (Lipinski definition) is 6. The highest BCUT2D eigenvalue weighted by atomic mass is 32.1. The molecule has 0 aliphatic heterocycles. The number of nitrogens with two attached hydrogens (primary N) is 1. The van der Waals surface area contributed by atoms with E-state index in [1.807, 2.05) is 19.4 Å². The quantitative estimate of drug-likeness (QED) is 0.441. The molecule has 0 spiro atoms. The molecule has 0 fully saturated rings. The molecule has 24 heavy (non-hydrogen) atoms. The van der Waals surface area contributed by atoms with E-state index in [-0.39, 0.29) is 6.61 Å². The number of nitrogen functional groups attached to an aromatic ring is 1. The van der Waals surface area contributed by atoms with Gasteiger partial charge in [-0.25, -0.2) is 9.97 Å². The lowest BCUT2D eigenvalue weighted by Gasteiger charge is -2.01. The van der Waals surface area contributed by atoms with Gasteiger partial charge in [-0.3, -0.25) is 0 Å². The first-order chi connectivity index (χ1) is 11.5. The molecule has 3 N–H and O–H groups in total. The minimum atomic E-state index is 0.178. The van der Waals surface area contributed by atoms with Gasteiger partial charge in [0.05, 0.1) is 10.4 Å². The maximum Gasteiger partial charge on any atom is 0.458 e. The number of unbranched alkanes of at least 4 members (excludes halogenated alkanes) is 1. The van der Waals surface area contributed by atoms with Gasteiger partial charge in [0, 0.05) is 36.8 Å². The lowest BCUT2D eigenvalue weighted by atomic mass is 10.2. The summed E-state index contributed by atoms with van der Waals surface area (Å²) in [5, 5.41) is 8.98. The van der Waals surface area contributed by atoms with Crippen LogP contribution in [0, 0.1) is 13.8 Å². The van der Waals surface area contributed by atoms with E-state index >= 15 is 0 Å². The van der Waals surface area contributed by atoms with Gasteiger partial charge in [0.1, 0.15) is 11.6 Å². The van der Waals surface area contributed by atoms with E-state index in [4.69, 9.17) is 10.8 Å². The average Bonchev–Trinajstić information content (AvgIpc) is 2.90. The normalized spacial score (nSPS) is 10.2. The molecule has 6 nitrogen and oxygen atoms in total. The van der Waals surface area contributed by atoms with Gasteiger partial charge < -0.3 is 10.8 Å². The summed E-state index contributed by atoms with van der Waals surface area (Å²) in [6, 6.07) is 0. The molecule has 0 saturated carbocycles. The average molecular weight is 371 g/mol. The van der Waals surface area contributed by atoms with Gasteiger partial charge in [0.2, 0.25) is 11.3 Å². The van der Waals surface area contributed by atoms with Crippen molar-refractivity contribution in [3.63, 3.8) is 0 Å². The highest BCUT2D eigenvalue weighted by Gasteiger charge is 2.16. The SMILES string of the molecule is CCCC[S+]=O.Cc1ncc(C[n+]2csc(CCO)c2C)c(N)n1. The highest BCUT2D eigenvalue weighted by Crippen LogP contribution is 2.13. The Bertz CT molecular complexity index is 647. The molecule has 0 atom stereocenters. The van der Waals surface area contributed by atoms with Crippen LogP contribution in [0.5, 0.6) is 0 Å². The van der Waals surface area contributed by atoms with Gasteiger partial charge in [-0.15, -0.1) is 0 Å². The molecule has 2 aromatic heterocycles. The van der Waals surface area contributed by atoms with Crippen LogP contribution in [-0.2, 0) is 28.8 Å². The Balaban J connectivity index is 0.000000413. The molecule has 0 aromatic carbocycles. The van der Waals surface area contributed by atoms with Crippen molar-refractivity contribution < 1.29 is 13.9 Å². The Hall–Kier alpha value is -1.51. The Morgan fingerprint density at radius 1 is 1.42 bits per heavy atom. The van der Waals surface area contributed by atoms with Gasteiger partial charge in [-0.2, -0.15) is 4.57 Å². The molecule has 2 rings (SSSR count). The standard InChI is InChI=1S/C12H17N4OS.C4H9OS/c1-8-11(3-4-17)18-7-16(8)6-10-5-14-9(2)15-12(10)13;1-2-3-4-6-5/h5,7,17H,3-4,6H2,1-2H3,(H2,13,14,15);2-4H2,1H3/q2*+1. The van der Waals surface area contributed by atoms with E-state index < -0.39 is 0 Å². The zero-order valence-corrected chi connectivity index (χ0v) is 16.1. The van der Waals surface area contributed by atoms with Crippen LogP contribution < -0.4 is 10.3 Å². The van der Waals surface area contributed by atoms with Gasteiger partial charge >= 0.3 is 11.7 Å². The lowest BCUT2D eigenvalue weighted by Crippen LogP contribution is -2.35. The molecule has 0 bridgehead atoms. The number of anilines is 1. The molecule has 0 radical (unpaired) electrons. The van der Waals surface area contributed by atoms with Crippen LogP contribution in [0.15, 0.2) is 11.7 Å². The largest absolute Gasteiger partial charge is 0.458 e. The molecule has 0 amide bonds. The Morgan fingerprint density at radius 3 is 2.71 bits per heavy atom. The maximum absolute atomic E-state index is 9.61. The summed E-state index contributed by atoms with van der Waals surface area (Å²) < 4.78 is 11.7. The summed E-state index contributed by atoms with van der Waals surface area (Å²) >= 11 is 2.33. The summed E-state index contributed by atoms with van der Waals surface area (Å²) in [7, 11) is 0. The van der Waals surface area contributed by atoms with Crippen molar-refractivity contribution in [1.82, 2.24) is 9.97 Å². The number of aliphatic hydroxyl groups is 1. The second-order valence-corrected chi connectivity index (χ2v) is 6.92. The van der Waals surface area contributed by atoms with Crippen LogP contribution >= 0.6 is 11.3 Å². The third kappa shape index (κ3) is 6.54. The molecular weight excluding hydrogens is 344 g/mol. The first-order valence-electron chi connectivity index (χ1n) is 7.93. The van der Waals surface area contributed by atoms with Crippen LogP contribution in [0.25, 0.3) is 0 Å². The molecule has 2 heterocycles. The molecule has 0 saturated heterocycles. The van der Waals surface area contributed by atoms with Crippen molar-refractivity contribution >= 4 is 28.8 Å². The summed E-state index contributed by atoms with van der Waals surface area (Å²) in [6.45, 7) is 6.79. The minimum absolute atomic E-state index is 0.178. The fraction of sp³-hybridized carbons (Fsp3) is 0.562. The first-order valence-corrected chi connectivity index (χ1v) is 9.72. The van der Waals surface area contributed by atoms with E-state index in [2.05, 4.69) is 21.5 Å². The minimum Gasteiger partial charge on any atom is -0.396 e. The fourth-order valence-electron chi connectivity index (χ4n) is 1.97. The number of aryl methyl sites for hydroxylation is 1. The van der Waals surface area contributed by atoms with E-state index in [9.17, 15) is 4.21 Å². The second kappa shape index (κ2) is 11.1. The number of aromatic nitrogens is 3. The lowest BCUT2D eigenvalue weighted by molar-refractivity contribution is -0.689. The summed E-state index contributed by atoms with van der Waals surface area (Å²) in [4.78, 5) is 9.53.